The Balaban J connectivity index is 2.15. The van der Waals surface area contributed by atoms with Crippen molar-refractivity contribution in [2.75, 3.05) is 6.54 Å². The topological polar surface area (TPSA) is 132 Å². The van der Waals surface area contributed by atoms with E-state index in [1.54, 1.807) is 0 Å². The number of hydrogen-bond donors (Lipinski definition) is 3. The van der Waals surface area contributed by atoms with Crippen LogP contribution in [0, 0.1) is 5.82 Å². The number of halogens is 4. The SMILES string of the molecule is NC=C(C=NCC(F)(F)F)C1(c2ccc(F)c(-c3cncnc3)c2)N=C(N)NC1=O. The van der Waals surface area contributed by atoms with Gasteiger partial charge in [0, 0.05) is 41.5 Å². The third-order valence-electron chi connectivity index (χ3n) is 4.21. The lowest BCUT2D eigenvalue weighted by Crippen LogP contribution is -2.41. The number of alkyl halides is 3. The van der Waals surface area contributed by atoms with Gasteiger partial charge in [0.05, 0.1) is 0 Å². The molecule has 1 aliphatic heterocycles. The quantitative estimate of drug-likeness (QED) is 0.496. The first-order valence-electron chi connectivity index (χ1n) is 8.38. The third-order valence-corrected chi connectivity index (χ3v) is 4.21. The predicted molar refractivity (Wildman–Crippen MR) is 101 cm³/mol. The molecular formula is C18H15F4N7O. The zero-order valence-electron chi connectivity index (χ0n) is 15.2. The summed E-state index contributed by atoms with van der Waals surface area (Å²) in [5.74, 6) is -1.70. The summed E-state index contributed by atoms with van der Waals surface area (Å²) in [5.41, 5.74) is 9.57. The van der Waals surface area contributed by atoms with Gasteiger partial charge in [-0.2, -0.15) is 13.2 Å². The highest BCUT2D eigenvalue weighted by molar-refractivity contribution is 6.12. The molecule has 0 saturated carbocycles. The van der Waals surface area contributed by atoms with Gasteiger partial charge in [0.15, 0.2) is 11.5 Å². The number of aliphatic imine (C=N–C) groups is 2. The molecule has 2 heterocycles. The van der Waals surface area contributed by atoms with Gasteiger partial charge in [-0.25, -0.2) is 19.4 Å². The van der Waals surface area contributed by atoms with Crippen LogP contribution < -0.4 is 16.8 Å². The summed E-state index contributed by atoms with van der Waals surface area (Å²) < 4.78 is 51.9. The minimum absolute atomic E-state index is 0.0459. The van der Waals surface area contributed by atoms with Crippen LogP contribution in [0.4, 0.5) is 17.6 Å². The highest BCUT2D eigenvalue weighted by Crippen LogP contribution is 2.38. The Bertz CT molecular complexity index is 1050. The van der Waals surface area contributed by atoms with E-state index in [4.69, 9.17) is 11.5 Å². The summed E-state index contributed by atoms with van der Waals surface area (Å²) in [7, 11) is 0. The molecule has 1 atom stereocenters. The summed E-state index contributed by atoms with van der Waals surface area (Å²) in [6.45, 7) is -1.49. The maximum atomic E-state index is 14.5. The van der Waals surface area contributed by atoms with Gasteiger partial charge < -0.3 is 11.5 Å². The average Bonchev–Trinajstić information content (AvgIpc) is 3.00. The molecule has 30 heavy (non-hydrogen) atoms. The van der Waals surface area contributed by atoms with E-state index < -0.39 is 30.0 Å². The van der Waals surface area contributed by atoms with Crippen molar-refractivity contribution in [2.45, 2.75) is 11.7 Å². The number of benzene rings is 1. The molecule has 3 rings (SSSR count). The molecule has 0 spiro atoms. The van der Waals surface area contributed by atoms with Crippen molar-refractivity contribution in [1.29, 1.82) is 0 Å². The number of carbonyl (C=O) groups excluding carboxylic acids is 1. The van der Waals surface area contributed by atoms with Gasteiger partial charge in [-0.05, 0) is 17.7 Å². The fourth-order valence-corrected chi connectivity index (χ4v) is 2.94. The molecule has 1 aromatic carbocycles. The molecule has 5 N–H and O–H groups in total. The molecule has 1 amide bonds. The summed E-state index contributed by atoms with van der Waals surface area (Å²) in [6, 6.07) is 3.64. The number of nitrogens with one attached hydrogen (secondary N) is 1. The summed E-state index contributed by atoms with van der Waals surface area (Å²) in [4.78, 5) is 27.8. The van der Waals surface area contributed by atoms with Crippen LogP contribution in [0.15, 0.2) is 58.7 Å². The first kappa shape index (κ1) is 20.9. The Labute approximate surface area is 167 Å². The zero-order valence-corrected chi connectivity index (χ0v) is 15.2. The molecule has 156 valence electrons. The smallest absolute Gasteiger partial charge is 0.404 e. The molecular weight excluding hydrogens is 406 g/mol. The molecule has 0 aliphatic carbocycles. The Morgan fingerprint density at radius 3 is 2.53 bits per heavy atom. The highest BCUT2D eigenvalue weighted by Gasteiger charge is 2.48. The number of hydrogen-bond acceptors (Lipinski definition) is 7. The van der Waals surface area contributed by atoms with Crippen molar-refractivity contribution in [3.05, 3.63) is 60.1 Å². The summed E-state index contributed by atoms with van der Waals surface area (Å²) in [6.07, 6.45) is 1.12. The second-order valence-electron chi connectivity index (χ2n) is 6.19. The zero-order chi connectivity index (χ0) is 21.9. The average molecular weight is 421 g/mol. The van der Waals surface area contributed by atoms with E-state index >= 15 is 0 Å². The minimum atomic E-state index is -4.56. The van der Waals surface area contributed by atoms with Gasteiger partial charge in [0.2, 0.25) is 0 Å². The van der Waals surface area contributed by atoms with E-state index in [1.807, 2.05) is 0 Å². The molecule has 12 heteroatoms. The highest BCUT2D eigenvalue weighted by atomic mass is 19.4. The minimum Gasteiger partial charge on any atom is -0.404 e. The van der Waals surface area contributed by atoms with Gasteiger partial charge in [0.1, 0.15) is 18.7 Å². The van der Waals surface area contributed by atoms with Crippen molar-refractivity contribution in [3.8, 4) is 11.1 Å². The molecule has 2 aromatic rings. The maximum Gasteiger partial charge on any atom is 0.407 e. The van der Waals surface area contributed by atoms with Crippen LogP contribution in [0.3, 0.4) is 0 Å². The van der Waals surface area contributed by atoms with Crippen LogP contribution in [-0.4, -0.2) is 40.8 Å². The number of carbonyl (C=O) groups is 1. The van der Waals surface area contributed by atoms with Crippen molar-refractivity contribution >= 4 is 18.1 Å². The molecule has 1 aromatic heterocycles. The van der Waals surface area contributed by atoms with Gasteiger partial charge in [-0.15, -0.1) is 0 Å². The van der Waals surface area contributed by atoms with E-state index in [2.05, 4.69) is 25.3 Å². The van der Waals surface area contributed by atoms with Crippen molar-refractivity contribution in [3.63, 3.8) is 0 Å². The van der Waals surface area contributed by atoms with E-state index in [0.717, 1.165) is 18.5 Å². The summed E-state index contributed by atoms with van der Waals surface area (Å²) in [5, 5.41) is 2.29. The molecule has 8 nitrogen and oxygen atoms in total. The molecule has 0 fully saturated rings. The molecule has 0 saturated heterocycles. The van der Waals surface area contributed by atoms with Crippen molar-refractivity contribution in [2.24, 2.45) is 21.5 Å². The standard InChI is InChI=1S/C18H15F4N7O/c19-14-2-1-11(3-13(14)10-5-26-9-27-6-10)18(15(30)28-16(24)29-18)12(4-23)7-25-8-17(20,21)22/h1-7,9H,8,23H2,(H3,24,28,29,30). The van der Waals surface area contributed by atoms with E-state index in [9.17, 15) is 22.4 Å². The lowest BCUT2D eigenvalue weighted by molar-refractivity contribution is -0.122. The van der Waals surface area contributed by atoms with Crippen molar-refractivity contribution < 1.29 is 22.4 Å². The number of aromatic nitrogens is 2. The lowest BCUT2D eigenvalue weighted by Gasteiger charge is -2.25. The number of nitrogens with two attached hydrogens (primary N) is 2. The van der Waals surface area contributed by atoms with Crippen molar-refractivity contribution in [1.82, 2.24) is 15.3 Å². The lowest BCUT2D eigenvalue weighted by atomic mass is 9.82. The van der Waals surface area contributed by atoms with Crippen LogP contribution in [-0.2, 0) is 10.3 Å². The molecule has 0 radical (unpaired) electrons. The van der Waals surface area contributed by atoms with Gasteiger partial charge >= 0.3 is 6.18 Å². The normalized spacial score (nSPS) is 19.8. The third kappa shape index (κ3) is 3.97. The molecule has 0 bridgehead atoms. The van der Waals surface area contributed by atoms with Crippen LogP contribution in [0.5, 0.6) is 0 Å². The van der Waals surface area contributed by atoms with Crippen LogP contribution in [0.2, 0.25) is 0 Å². The number of amides is 1. The van der Waals surface area contributed by atoms with Crippen LogP contribution in [0.25, 0.3) is 11.1 Å². The Morgan fingerprint density at radius 1 is 1.27 bits per heavy atom. The van der Waals surface area contributed by atoms with E-state index in [-0.39, 0.29) is 22.7 Å². The number of guanidine groups is 1. The van der Waals surface area contributed by atoms with Crippen LogP contribution >= 0.6 is 0 Å². The monoisotopic (exact) mass is 421 g/mol. The van der Waals surface area contributed by atoms with Gasteiger partial charge in [-0.3, -0.25) is 15.1 Å². The number of nitrogens with zero attached hydrogens (tertiary/aromatic N) is 4. The Morgan fingerprint density at radius 2 is 1.97 bits per heavy atom. The Kier molecular flexibility index (Phi) is 5.49. The van der Waals surface area contributed by atoms with Gasteiger partial charge in [0.25, 0.3) is 5.91 Å². The fourth-order valence-electron chi connectivity index (χ4n) is 2.94. The van der Waals surface area contributed by atoms with E-state index in [1.165, 1.54) is 30.9 Å². The maximum absolute atomic E-state index is 14.5. The molecule has 1 unspecified atom stereocenters. The fraction of sp³-hybridized carbons (Fsp3) is 0.167. The predicted octanol–water partition coefficient (Wildman–Crippen LogP) is 1.40. The largest absolute Gasteiger partial charge is 0.407 e. The first-order chi connectivity index (χ1) is 14.2. The first-order valence-corrected chi connectivity index (χ1v) is 8.38. The van der Waals surface area contributed by atoms with Gasteiger partial charge in [-0.1, -0.05) is 6.07 Å². The Hall–Kier alpha value is -3.83. The second kappa shape index (κ2) is 7.89. The summed E-state index contributed by atoms with van der Waals surface area (Å²) >= 11 is 0. The second-order valence-corrected chi connectivity index (χ2v) is 6.19. The van der Waals surface area contributed by atoms with E-state index in [0.29, 0.717) is 5.56 Å². The molecule has 1 aliphatic rings. The van der Waals surface area contributed by atoms with Crippen LogP contribution in [0.1, 0.15) is 5.56 Å². The number of rotatable bonds is 5.